The maximum atomic E-state index is 12.7. The van der Waals surface area contributed by atoms with Gasteiger partial charge in [0, 0.05) is 6.54 Å². The topological polar surface area (TPSA) is 60.8 Å². The lowest BCUT2D eigenvalue weighted by Gasteiger charge is -2.26. The quantitative estimate of drug-likeness (QED) is 0.874. The number of aliphatic hydroxyl groups is 2. The van der Waals surface area contributed by atoms with Gasteiger partial charge in [0.1, 0.15) is 6.10 Å². The van der Waals surface area contributed by atoms with Gasteiger partial charge in [-0.25, -0.2) is 0 Å². The molecule has 4 nitrogen and oxygen atoms in total. The summed E-state index contributed by atoms with van der Waals surface area (Å²) in [5.41, 5.74) is -0.499. The number of carbonyl (C=O) groups is 1. The van der Waals surface area contributed by atoms with Gasteiger partial charge in [-0.05, 0) is 31.0 Å². The molecule has 1 aromatic carbocycles. The monoisotopic (exact) mass is 303 g/mol. The van der Waals surface area contributed by atoms with E-state index in [9.17, 15) is 28.2 Å². The number of likely N-dealkylation sites (tertiary alicyclic amines) is 1. The molecule has 7 heteroatoms. The molecule has 1 amide bonds. The highest BCUT2D eigenvalue weighted by Gasteiger charge is 2.38. The molecule has 0 aliphatic carbocycles. The van der Waals surface area contributed by atoms with Crippen molar-refractivity contribution in [1.82, 2.24) is 4.90 Å². The van der Waals surface area contributed by atoms with Crippen LogP contribution in [0.4, 0.5) is 13.2 Å². The predicted octanol–water partition coefficient (Wildman–Crippen LogP) is 1.72. The largest absolute Gasteiger partial charge is 0.416 e. The number of hydrogen-bond acceptors (Lipinski definition) is 3. The second-order valence-electron chi connectivity index (χ2n) is 5.20. The van der Waals surface area contributed by atoms with E-state index in [2.05, 4.69) is 0 Å². The van der Waals surface area contributed by atoms with E-state index >= 15 is 0 Å². The summed E-state index contributed by atoms with van der Waals surface area (Å²) in [6, 6.07) is 4.03. The van der Waals surface area contributed by atoms with Crippen LogP contribution in [0.25, 0.3) is 0 Å². The molecule has 116 valence electrons. The van der Waals surface area contributed by atoms with Crippen LogP contribution in [-0.4, -0.2) is 39.8 Å². The minimum Gasteiger partial charge on any atom is -0.391 e. The summed E-state index contributed by atoms with van der Waals surface area (Å²) in [6.07, 6.45) is -6.39. The molecular weight excluding hydrogens is 287 g/mol. The third-order valence-corrected chi connectivity index (χ3v) is 3.52. The van der Waals surface area contributed by atoms with Crippen molar-refractivity contribution in [2.45, 2.75) is 37.8 Å². The number of halogens is 3. The molecule has 3 atom stereocenters. The highest BCUT2D eigenvalue weighted by atomic mass is 19.4. The van der Waals surface area contributed by atoms with Crippen molar-refractivity contribution in [2.75, 3.05) is 6.54 Å². The van der Waals surface area contributed by atoms with Gasteiger partial charge in [-0.1, -0.05) is 12.1 Å². The second kappa shape index (κ2) is 5.65. The number of rotatable bonds is 2. The number of carbonyl (C=O) groups excluding carboxylic acids is 1. The van der Waals surface area contributed by atoms with Crippen LogP contribution >= 0.6 is 0 Å². The van der Waals surface area contributed by atoms with Gasteiger partial charge in [-0.2, -0.15) is 13.2 Å². The van der Waals surface area contributed by atoms with Gasteiger partial charge in [0.05, 0.1) is 17.7 Å². The van der Waals surface area contributed by atoms with Crippen LogP contribution in [0, 0.1) is 0 Å². The summed E-state index contributed by atoms with van der Waals surface area (Å²) >= 11 is 0. The second-order valence-corrected chi connectivity index (χ2v) is 5.20. The highest BCUT2D eigenvalue weighted by Crippen LogP contribution is 2.36. The molecule has 1 aliphatic rings. The molecule has 2 N–H and O–H groups in total. The maximum Gasteiger partial charge on any atom is 0.416 e. The zero-order valence-corrected chi connectivity index (χ0v) is 11.3. The molecule has 1 heterocycles. The van der Waals surface area contributed by atoms with Crippen molar-refractivity contribution >= 4 is 5.91 Å². The number of hydrogen-bond donors (Lipinski definition) is 2. The summed E-state index contributed by atoms with van der Waals surface area (Å²) in [6.45, 7) is 1.29. The van der Waals surface area contributed by atoms with Gasteiger partial charge < -0.3 is 15.1 Å². The molecule has 21 heavy (non-hydrogen) atoms. The standard InChI is InChI=1S/C14H16F3NO3/c1-8(19)13(21)18-7-11(20)6-12(18)9-3-2-4-10(5-9)14(15,16)17/h2-5,8,11-12,19-20H,6-7H2,1H3. The fourth-order valence-electron chi connectivity index (χ4n) is 2.54. The Kier molecular flexibility index (Phi) is 4.25. The van der Waals surface area contributed by atoms with Crippen molar-refractivity contribution in [1.29, 1.82) is 0 Å². The molecule has 0 radical (unpaired) electrons. The van der Waals surface area contributed by atoms with E-state index < -0.39 is 35.9 Å². The highest BCUT2D eigenvalue weighted by molar-refractivity contribution is 5.81. The summed E-state index contributed by atoms with van der Waals surface area (Å²) in [5, 5.41) is 19.1. The Morgan fingerprint density at radius 1 is 1.43 bits per heavy atom. The average molecular weight is 303 g/mol. The lowest BCUT2D eigenvalue weighted by molar-refractivity contribution is -0.140. The minimum atomic E-state index is -4.47. The van der Waals surface area contributed by atoms with E-state index in [-0.39, 0.29) is 13.0 Å². The van der Waals surface area contributed by atoms with E-state index in [0.29, 0.717) is 5.56 Å². The van der Waals surface area contributed by atoms with Gasteiger partial charge in [0.2, 0.25) is 0 Å². The molecule has 1 aromatic rings. The van der Waals surface area contributed by atoms with Crippen molar-refractivity contribution in [3.05, 3.63) is 35.4 Å². The number of aliphatic hydroxyl groups excluding tert-OH is 2. The SMILES string of the molecule is CC(O)C(=O)N1CC(O)CC1c1cccc(C(F)(F)F)c1. The van der Waals surface area contributed by atoms with Crippen LogP contribution in [0.3, 0.4) is 0 Å². The normalized spacial score (nSPS) is 24.2. The Balaban J connectivity index is 2.33. The molecule has 1 aliphatic heterocycles. The van der Waals surface area contributed by atoms with Crippen LogP contribution in [-0.2, 0) is 11.0 Å². The van der Waals surface area contributed by atoms with Crippen molar-refractivity contribution in [3.8, 4) is 0 Å². The van der Waals surface area contributed by atoms with Gasteiger partial charge >= 0.3 is 6.18 Å². The number of alkyl halides is 3. The Hall–Kier alpha value is -1.60. The zero-order chi connectivity index (χ0) is 15.8. The van der Waals surface area contributed by atoms with Crippen LogP contribution < -0.4 is 0 Å². The van der Waals surface area contributed by atoms with Gasteiger partial charge in [-0.3, -0.25) is 4.79 Å². The minimum absolute atomic E-state index is 0.00461. The zero-order valence-electron chi connectivity index (χ0n) is 11.3. The number of β-amino-alcohol motifs (C(OH)–C–C–N with tert-alkyl or cyclic N) is 1. The molecule has 2 rings (SSSR count). The Labute approximate surface area is 119 Å². The van der Waals surface area contributed by atoms with Crippen LogP contribution in [0.5, 0.6) is 0 Å². The lowest BCUT2D eigenvalue weighted by atomic mass is 10.0. The molecular formula is C14H16F3NO3. The molecule has 0 bridgehead atoms. The van der Waals surface area contributed by atoms with E-state index in [1.54, 1.807) is 0 Å². The third-order valence-electron chi connectivity index (χ3n) is 3.52. The fraction of sp³-hybridized carbons (Fsp3) is 0.500. The van der Waals surface area contributed by atoms with Crippen molar-refractivity contribution < 1.29 is 28.2 Å². The van der Waals surface area contributed by atoms with E-state index in [1.165, 1.54) is 24.0 Å². The third kappa shape index (κ3) is 3.36. The van der Waals surface area contributed by atoms with Crippen molar-refractivity contribution in [3.63, 3.8) is 0 Å². The molecule has 1 fully saturated rings. The number of amides is 1. The first-order valence-electron chi connectivity index (χ1n) is 6.54. The number of benzene rings is 1. The first kappa shape index (κ1) is 15.8. The van der Waals surface area contributed by atoms with Crippen LogP contribution in [0.2, 0.25) is 0 Å². The fourth-order valence-corrected chi connectivity index (χ4v) is 2.54. The van der Waals surface area contributed by atoms with E-state index in [1.807, 2.05) is 0 Å². The summed E-state index contributed by atoms with van der Waals surface area (Å²) in [4.78, 5) is 13.1. The van der Waals surface area contributed by atoms with Gasteiger partial charge in [-0.15, -0.1) is 0 Å². The molecule has 1 saturated heterocycles. The average Bonchev–Trinajstić information content (AvgIpc) is 2.79. The maximum absolute atomic E-state index is 12.7. The first-order valence-corrected chi connectivity index (χ1v) is 6.54. The van der Waals surface area contributed by atoms with Gasteiger partial charge in [0.25, 0.3) is 5.91 Å². The van der Waals surface area contributed by atoms with Crippen molar-refractivity contribution in [2.24, 2.45) is 0 Å². The smallest absolute Gasteiger partial charge is 0.391 e. The molecule has 0 aromatic heterocycles. The molecule has 0 saturated carbocycles. The van der Waals surface area contributed by atoms with Crippen LogP contribution in [0.15, 0.2) is 24.3 Å². The Morgan fingerprint density at radius 3 is 2.67 bits per heavy atom. The van der Waals surface area contributed by atoms with Gasteiger partial charge in [0.15, 0.2) is 0 Å². The van der Waals surface area contributed by atoms with Crippen LogP contribution in [0.1, 0.15) is 30.5 Å². The van der Waals surface area contributed by atoms with E-state index in [4.69, 9.17) is 0 Å². The number of nitrogens with zero attached hydrogens (tertiary/aromatic N) is 1. The predicted molar refractivity (Wildman–Crippen MR) is 68.2 cm³/mol. The summed E-state index contributed by atoms with van der Waals surface area (Å²) < 4.78 is 38.2. The lowest BCUT2D eigenvalue weighted by Crippen LogP contribution is -2.38. The molecule has 0 spiro atoms. The summed E-state index contributed by atoms with van der Waals surface area (Å²) in [5.74, 6) is -0.603. The Morgan fingerprint density at radius 2 is 2.10 bits per heavy atom. The molecule has 3 unspecified atom stereocenters. The first-order chi connectivity index (χ1) is 9.70. The Bertz CT molecular complexity index is 530. The van der Waals surface area contributed by atoms with E-state index in [0.717, 1.165) is 12.1 Å². The summed E-state index contributed by atoms with van der Waals surface area (Å²) in [7, 11) is 0.